The summed E-state index contributed by atoms with van der Waals surface area (Å²) in [6.45, 7) is 0. The lowest BCUT2D eigenvalue weighted by Crippen LogP contribution is -2.14. The monoisotopic (exact) mass is 272 g/mol. The van der Waals surface area contributed by atoms with Crippen LogP contribution in [0.3, 0.4) is 0 Å². The predicted molar refractivity (Wildman–Crippen MR) is 57.3 cm³/mol. The van der Waals surface area contributed by atoms with Crippen molar-refractivity contribution < 1.29 is 4.98 Å². The van der Waals surface area contributed by atoms with Gasteiger partial charge in [-0.2, -0.15) is 0 Å². The molecule has 0 radical (unpaired) electrons. The third-order valence-electron chi connectivity index (χ3n) is 2.47. The number of rotatable bonds is 1. The molecule has 72 valence electrons. The molecule has 3 rings (SSSR count). The van der Waals surface area contributed by atoms with Crippen molar-refractivity contribution in [1.29, 1.82) is 0 Å². The lowest BCUT2D eigenvalue weighted by molar-refractivity contribution is -0.366. The van der Waals surface area contributed by atoms with Crippen molar-refractivity contribution in [2.45, 2.75) is 18.8 Å². The Morgan fingerprint density at radius 3 is 3.07 bits per heavy atom. The molecule has 1 fully saturated rings. The summed E-state index contributed by atoms with van der Waals surface area (Å²) in [6, 6.07) is 0. The number of halogens is 2. The Labute approximate surface area is 94.0 Å². The number of aromatic nitrogens is 3. The Balaban J connectivity index is 2.29. The highest BCUT2D eigenvalue weighted by molar-refractivity contribution is 9.10. The number of nitrogens with zero attached hydrogens (tertiary/aromatic N) is 1. The van der Waals surface area contributed by atoms with Gasteiger partial charge in [0, 0.05) is 5.92 Å². The van der Waals surface area contributed by atoms with Crippen LogP contribution in [0, 0.1) is 0 Å². The van der Waals surface area contributed by atoms with Gasteiger partial charge in [0.1, 0.15) is 5.39 Å². The van der Waals surface area contributed by atoms with Crippen LogP contribution in [0.25, 0.3) is 11.0 Å². The van der Waals surface area contributed by atoms with Gasteiger partial charge in [0.15, 0.2) is 0 Å². The molecule has 14 heavy (non-hydrogen) atoms. The predicted octanol–water partition coefficient (Wildman–Crippen LogP) is 2.67. The molecule has 5 heteroatoms. The molecule has 3 nitrogen and oxygen atoms in total. The first kappa shape index (κ1) is 8.68. The van der Waals surface area contributed by atoms with E-state index in [1.807, 2.05) is 6.20 Å². The molecule has 1 aliphatic rings. The lowest BCUT2D eigenvalue weighted by Gasteiger charge is -1.92. The second kappa shape index (κ2) is 2.94. The summed E-state index contributed by atoms with van der Waals surface area (Å²) >= 11 is 9.52. The number of H-pyrrole nitrogens is 2. The third-order valence-corrected chi connectivity index (χ3v) is 3.37. The molecule has 0 aliphatic heterocycles. The zero-order valence-corrected chi connectivity index (χ0v) is 9.61. The maximum absolute atomic E-state index is 6.10. The molecule has 2 N–H and O–H groups in total. The van der Waals surface area contributed by atoms with Crippen molar-refractivity contribution in [1.82, 2.24) is 9.97 Å². The largest absolute Gasteiger partial charge is 0.278 e. The Hall–Kier alpha value is -0.610. The summed E-state index contributed by atoms with van der Waals surface area (Å²) in [5.41, 5.74) is 0.943. The van der Waals surface area contributed by atoms with Gasteiger partial charge in [0.05, 0.1) is 10.7 Å². The first-order chi connectivity index (χ1) is 6.75. The maximum atomic E-state index is 6.10. The molecule has 0 atom stereocenters. The second-order valence-corrected chi connectivity index (χ2v) is 4.79. The van der Waals surface area contributed by atoms with E-state index in [-0.39, 0.29) is 0 Å². The number of nitrogens with one attached hydrogen (secondary N) is 2. The molecule has 1 aliphatic carbocycles. The molecule has 0 bridgehead atoms. The van der Waals surface area contributed by atoms with Gasteiger partial charge in [-0.3, -0.25) is 4.98 Å². The zero-order valence-electron chi connectivity index (χ0n) is 7.27. The number of hydrogen-bond acceptors (Lipinski definition) is 1. The molecule has 0 spiro atoms. The van der Waals surface area contributed by atoms with Crippen LogP contribution in [0.15, 0.2) is 10.7 Å². The summed E-state index contributed by atoms with van der Waals surface area (Å²) in [6.07, 6.45) is 4.30. The smallest absolute Gasteiger partial charge is 0.240 e. The summed E-state index contributed by atoms with van der Waals surface area (Å²) < 4.78 is 0.948. The van der Waals surface area contributed by atoms with Gasteiger partial charge >= 0.3 is 0 Å². The van der Waals surface area contributed by atoms with Crippen LogP contribution in [0.1, 0.15) is 24.6 Å². The Kier molecular flexibility index (Phi) is 1.82. The summed E-state index contributed by atoms with van der Waals surface area (Å²) in [7, 11) is 0. The van der Waals surface area contributed by atoms with Crippen LogP contribution in [-0.2, 0) is 0 Å². The van der Waals surface area contributed by atoms with E-state index in [1.165, 1.54) is 12.8 Å². The Morgan fingerprint density at radius 2 is 2.36 bits per heavy atom. The molecule has 0 unspecified atom stereocenters. The fraction of sp³-hybridized carbons (Fsp3) is 0.333. The van der Waals surface area contributed by atoms with E-state index in [0.29, 0.717) is 11.1 Å². The van der Waals surface area contributed by atoms with Crippen LogP contribution >= 0.6 is 27.5 Å². The van der Waals surface area contributed by atoms with E-state index < -0.39 is 0 Å². The number of fused-ring (bicyclic) bond motifs is 1. The molecule has 1 saturated carbocycles. The summed E-state index contributed by atoms with van der Waals surface area (Å²) in [5.74, 6) is 1.58. The molecule has 2 heterocycles. The van der Waals surface area contributed by atoms with Crippen molar-refractivity contribution in [3.63, 3.8) is 0 Å². The maximum Gasteiger partial charge on any atom is 0.240 e. The van der Waals surface area contributed by atoms with Crippen molar-refractivity contribution in [3.8, 4) is 0 Å². The standard InChI is InChI=1S/C9H7BrClN3/c10-5-3-12-9-6(5)7(11)13-8(14-9)4-1-2-4/h3-4H,1-2H2,(H,12,13,14)/p+1. The van der Waals surface area contributed by atoms with E-state index in [0.717, 1.165) is 21.3 Å². The number of hydrogen-bond donors (Lipinski definition) is 1. The second-order valence-electron chi connectivity index (χ2n) is 3.57. The first-order valence-electron chi connectivity index (χ1n) is 4.51. The van der Waals surface area contributed by atoms with Gasteiger partial charge in [-0.15, -0.1) is 0 Å². The molecular formula is C9H8BrClN3+. The third kappa shape index (κ3) is 1.25. The zero-order chi connectivity index (χ0) is 9.71. The van der Waals surface area contributed by atoms with Gasteiger partial charge in [-0.25, -0.2) is 4.98 Å². The van der Waals surface area contributed by atoms with E-state index >= 15 is 0 Å². The van der Waals surface area contributed by atoms with Crippen molar-refractivity contribution in [3.05, 3.63) is 21.6 Å². The van der Waals surface area contributed by atoms with Crippen LogP contribution in [0.2, 0.25) is 5.15 Å². The number of aromatic amines is 2. The van der Waals surface area contributed by atoms with E-state index in [2.05, 4.69) is 30.9 Å². The quantitative estimate of drug-likeness (QED) is 0.798. The molecule has 0 amide bonds. The molecule has 0 saturated heterocycles. The fourth-order valence-corrected chi connectivity index (χ4v) is 2.47. The van der Waals surface area contributed by atoms with Crippen LogP contribution < -0.4 is 4.98 Å². The molecule has 0 aromatic carbocycles. The topological polar surface area (TPSA) is 42.8 Å². The molecule has 2 aromatic heterocycles. The van der Waals surface area contributed by atoms with E-state index in [1.54, 1.807) is 0 Å². The van der Waals surface area contributed by atoms with Gasteiger partial charge < -0.3 is 0 Å². The summed E-state index contributed by atoms with van der Waals surface area (Å²) in [4.78, 5) is 10.8. The van der Waals surface area contributed by atoms with Gasteiger partial charge in [-0.05, 0) is 40.4 Å². The summed E-state index contributed by atoms with van der Waals surface area (Å²) in [5, 5.41) is 1.49. The lowest BCUT2D eigenvalue weighted by atomic mass is 10.3. The Bertz CT molecular complexity index is 504. The van der Waals surface area contributed by atoms with Gasteiger partial charge in [0.2, 0.25) is 16.6 Å². The molecular weight excluding hydrogens is 265 g/mol. The molecule has 2 aromatic rings. The van der Waals surface area contributed by atoms with Crippen molar-refractivity contribution in [2.75, 3.05) is 0 Å². The van der Waals surface area contributed by atoms with E-state index in [9.17, 15) is 0 Å². The average molecular weight is 274 g/mol. The minimum Gasteiger partial charge on any atom is -0.278 e. The van der Waals surface area contributed by atoms with Crippen LogP contribution in [-0.4, -0.2) is 9.97 Å². The SMILES string of the molecule is Clc1nc(C2CC2)[nH+]c2[nH]cc(Br)c12. The highest BCUT2D eigenvalue weighted by atomic mass is 79.9. The fourth-order valence-electron chi connectivity index (χ4n) is 1.57. The highest BCUT2D eigenvalue weighted by Gasteiger charge is 2.31. The van der Waals surface area contributed by atoms with Gasteiger partial charge in [0.25, 0.3) is 0 Å². The van der Waals surface area contributed by atoms with Gasteiger partial charge in [-0.1, -0.05) is 4.98 Å². The van der Waals surface area contributed by atoms with Crippen LogP contribution in [0.4, 0.5) is 0 Å². The van der Waals surface area contributed by atoms with Crippen LogP contribution in [0.5, 0.6) is 0 Å². The average Bonchev–Trinajstić information content (AvgIpc) is 2.92. The Morgan fingerprint density at radius 1 is 1.57 bits per heavy atom. The van der Waals surface area contributed by atoms with E-state index in [4.69, 9.17) is 11.6 Å². The minimum atomic E-state index is 0.564. The first-order valence-corrected chi connectivity index (χ1v) is 5.68. The highest BCUT2D eigenvalue weighted by Crippen LogP contribution is 2.38. The van der Waals surface area contributed by atoms with Crippen molar-refractivity contribution in [2.24, 2.45) is 0 Å². The normalized spacial score (nSPS) is 16.4. The van der Waals surface area contributed by atoms with Crippen molar-refractivity contribution >= 4 is 38.6 Å². The minimum absolute atomic E-state index is 0.564.